The highest BCUT2D eigenvalue weighted by atomic mass is 32.2. The quantitative estimate of drug-likeness (QED) is 0.898. The minimum atomic E-state index is -3.57. The largest absolute Gasteiger partial charge is 0.493 e. The number of rotatable bonds is 4. The minimum Gasteiger partial charge on any atom is -0.493 e. The Hall–Kier alpha value is -1.31. The third-order valence-electron chi connectivity index (χ3n) is 3.65. The van der Waals surface area contributed by atoms with E-state index < -0.39 is 10.0 Å². The number of piperidine rings is 1. The average molecular weight is 314 g/mol. The van der Waals surface area contributed by atoms with Crippen LogP contribution in [0.5, 0.6) is 11.5 Å². The lowest BCUT2D eigenvalue weighted by Crippen LogP contribution is -2.48. The zero-order valence-corrected chi connectivity index (χ0v) is 13.4. The second-order valence-corrected chi connectivity index (χ2v) is 7.38. The molecule has 1 aromatic carbocycles. The first-order chi connectivity index (χ1) is 9.88. The first kappa shape index (κ1) is 16.1. The number of ether oxygens (including phenoxy) is 2. The Morgan fingerprint density at radius 2 is 1.86 bits per heavy atom. The highest BCUT2D eigenvalue weighted by molar-refractivity contribution is 7.89. The highest BCUT2D eigenvalue weighted by Crippen LogP contribution is 2.31. The summed E-state index contributed by atoms with van der Waals surface area (Å²) in [5.41, 5.74) is 5.94. The Morgan fingerprint density at radius 1 is 1.19 bits per heavy atom. The van der Waals surface area contributed by atoms with Gasteiger partial charge in [-0.05, 0) is 24.5 Å². The summed E-state index contributed by atoms with van der Waals surface area (Å²) in [5.74, 6) is 1.15. The molecule has 1 aliphatic rings. The van der Waals surface area contributed by atoms with E-state index >= 15 is 0 Å². The third kappa shape index (κ3) is 3.30. The molecule has 0 bridgehead atoms. The summed E-state index contributed by atoms with van der Waals surface area (Å²) in [7, 11) is -0.577. The molecular formula is C14H22N2O4S. The molecule has 2 unspecified atom stereocenters. The predicted molar refractivity (Wildman–Crippen MR) is 80.1 cm³/mol. The molecule has 21 heavy (non-hydrogen) atoms. The Balaban J connectivity index is 2.35. The van der Waals surface area contributed by atoms with Gasteiger partial charge in [0.2, 0.25) is 10.0 Å². The van der Waals surface area contributed by atoms with Crippen LogP contribution in [-0.4, -0.2) is 46.1 Å². The van der Waals surface area contributed by atoms with Gasteiger partial charge in [-0.15, -0.1) is 0 Å². The first-order valence-corrected chi connectivity index (χ1v) is 8.30. The van der Waals surface area contributed by atoms with Crippen LogP contribution >= 0.6 is 0 Å². The van der Waals surface area contributed by atoms with Crippen molar-refractivity contribution in [2.75, 3.05) is 27.3 Å². The molecule has 0 aromatic heterocycles. The predicted octanol–water partition coefficient (Wildman–Crippen LogP) is 1.06. The third-order valence-corrected chi connectivity index (χ3v) is 5.48. The molecule has 1 saturated heterocycles. The molecule has 2 rings (SSSR count). The summed E-state index contributed by atoms with van der Waals surface area (Å²) in [6.45, 7) is 2.85. The van der Waals surface area contributed by atoms with Crippen molar-refractivity contribution < 1.29 is 17.9 Å². The maximum atomic E-state index is 12.7. The van der Waals surface area contributed by atoms with Crippen LogP contribution in [0, 0.1) is 5.92 Å². The van der Waals surface area contributed by atoms with Crippen molar-refractivity contribution in [1.82, 2.24) is 4.31 Å². The normalized spacial score (nSPS) is 23.8. The monoisotopic (exact) mass is 314 g/mol. The van der Waals surface area contributed by atoms with Crippen molar-refractivity contribution in [3.8, 4) is 11.5 Å². The van der Waals surface area contributed by atoms with E-state index in [0.29, 0.717) is 24.6 Å². The first-order valence-electron chi connectivity index (χ1n) is 6.86. The molecule has 0 amide bonds. The molecule has 1 heterocycles. The number of hydrogen-bond donors (Lipinski definition) is 1. The van der Waals surface area contributed by atoms with Crippen LogP contribution in [0.2, 0.25) is 0 Å². The van der Waals surface area contributed by atoms with Crippen molar-refractivity contribution in [2.45, 2.75) is 24.3 Å². The average Bonchev–Trinajstić information content (AvgIpc) is 2.45. The van der Waals surface area contributed by atoms with Crippen LogP contribution in [0.25, 0.3) is 0 Å². The van der Waals surface area contributed by atoms with E-state index in [0.717, 1.165) is 6.42 Å². The number of nitrogens with two attached hydrogens (primary N) is 1. The second-order valence-electron chi connectivity index (χ2n) is 5.44. The Kier molecular flexibility index (Phi) is 4.75. The lowest BCUT2D eigenvalue weighted by Gasteiger charge is -2.33. The van der Waals surface area contributed by atoms with Crippen molar-refractivity contribution in [3.05, 3.63) is 18.2 Å². The number of nitrogens with zero attached hydrogens (tertiary/aromatic N) is 1. The van der Waals surface area contributed by atoms with Crippen molar-refractivity contribution in [1.29, 1.82) is 0 Å². The zero-order chi connectivity index (χ0) is 15.6. The fourth-order valence-electron chi connectivity index (χ4n) is 2.67. The zero-order valence-electron chi connectivity index (χ0n) is 12.6. The van der Waals surface area contributed by atoms with Gasteiger partial charge in [0.15, 0.2) is 11.5 Å². The minimum absolute atomic E-state index is 0.122. The molecular weight excluding hydrogens is 292 g/mol. The van der Waals surface area contributed by atoms with Gasteiger partial charge in [0.1, 0.15) is 0 Å². The number of benzene rings is 1. The van der Waals surface area contributed by atoms with Crippen LogP contribution < -0.4 is 15.2 Å². The molecule has 0 saturated carbocycles. The van der Waals surface area contributed by atoms with Crippen LogP contribution in [0.3, 0.4) is 0 Å². The standard InChI is InChI=1S/C14H22N2O4S/c1-10-6-11(15)9-16(8-10)21(17,18)12-4-5-13(19-2)14(7-12)20-3/h4-5,7,10-11H,6,8-9,15H2,1-3H3. The second kappa shape index (κ2) is 6.21. The SMILES string of the molecule is COc1ccc(S(=O)(=O)N2CC(C)CC(N)C2)cc1OC. The number of hydrogen-bond acceptors (Lipinski definition) is 5. The van der Waals surface area contributed by atoms with Crippen LogP contribution in [0.15, 0.2) is 23.1 Å². The van der Waals surface area contributed by atoms with E-state index in [4.69, 9.17) is 15.2 Å². The van der Waals surface area contributed by atoms with E-state index in [9.17, 15) is 8.42 Å². The molecule has 0 aliphatic carbocycles. The summed E-state index contributed by atoms with van der Waals surface area (Å²) in [6.07, 6.45) is 0.845. The molecule has 118 valence electrons. The van der Waals surface area contributed by atoms with Gasteiger partial charge in [0.25, 0.3) is 0 Å². The van der Waals surface area contributed by atoms with E-state index in [1.165, 1.54) is 30.7 Å². The van der Waals surface area contributed by atoms with Gasteiger partial charge in [-0.25, -0.2) is 8.42 Å². The molecule has 0 spiro atoms. The van der Waals surface area contributed by atoms with Gasteiger partial charge < -0.3 is 15.2 Å². The number of methoxy groups -OCH3 is 2. The van der Waals surface area contributed by atoms with Gasteiger partial charge in [-0.3, -0.25) is 0 Å². The van der Waals surface area contributed by atoms with Gasteiger partial charge in [-0.1, -0.05) is 6.92 Å². The Morgan fingerprint density at radius 3 is 2.43 bits per heavy atom. The molecule has 1 fully saturated rings. The van der Waals surface area contributed by atoms with Gasteiger partial charge in [0.05, 0.1) is 19.1 Å². The Labute approximate surface area is 125 Å². The van der Waals surface area contributed by atoms with Gasteiger partial charge >= 0.3 is 0 Å². The van der Waals surface area contributed by atoms with Gasteiger partial charge in [0, 0.05) is 25.2 Å². The Bertz CT molecular complexity index is 593. The lowest BCUT2D eigenvalue weighted by molar-refractivity contribution is 0.254. The maximum Gasteiger partial charge on any atom is 0.243 e. The van der Waals surface area contributed by atoms with Crippen molar-refractivity contribution in [2.24, 2.45) is 11.7 Å². The molecule has 0 radical (unpaired) electrons. The highest BCUT2D eigenvalue weighted by Gasteiger charge is 2.32. The summed E-state index contributed by atoms with van der Waals surface area (Å²) < 4.78 is 37.2. The lowest BCUT2D eigenvalue weighted by atomic mass is 9.99. The summed E-state index contributed by atoms with van der Waals surface area (Å²) in [5, 5.41) is 0. The molecule has 1 aliphatic heterocycles. The molecule has 2 N–H and O–H groups in total. The van der Waals surface area contributed by atoms with Crippen molar-refractivity contribution >= 4 is 10.0 Å². The summed E-state index contributed by atoms with van der Waals surface area (Å²) in [4.78, 5) is 0.196. The van der Waals surface area contributed by atoms with Crippen LogP contribution in [0.1, 0.15) is 13.3 Å². The van der Waals surface area contributed by atoms with E-state index in [1.807, 2.05) is 6.92 Å². The number of sulfonamides is 1. The molecule has 2 atom stereocenters. The van der Waals surface area contributed by atoms with Crippen LogP contribution in [0.4, 0.5) is 0 Å². The van der Waals surface area contributed by atoms with Crippen molar-refractivity contribution in [3.63, 3.8) is 0 Å². The van der Waals surface area contributed by atoms with E-state index in [1.54, 1.807) is 6.07 Å². The topological polar surface area (TPSA) is 81.9 Å². The molecule has 6 nitrogen and oxygen atoms in total. The fraction of sp³-hybridized carbons (Fsp3) is 0.571. The maximum absolute atomic E-state index is 12.7. The van der Waals surface area contributed by atoms with E-state index in [-0.39, 0.29) is 16.9 Å². The van der Waals surface area contributed by atoms with E-state index in [2.05, 4.69) is 0 Å². The molecule has 7 heteroatoms. The summed E-state index contributed by atoms with van der Waals surface area (Å²) >= 11 is 0. The molecule has 1 aromatic rings. The fourth-order valence-corrected chi connectivity index (χ4v) is 4.30. The van der Waals surface area contributed by atoms with Gasteiger partial charge in [-0.2, -0.15) is 4.31 Å². The smallest absolute Gasteiger partial charge is 0.243 e. The van der Waals surface area contributed by atoms with Crippen LogP contribution in [-0.2, 0) is 10.0 Å². The summed E-state index contributed by atoms with van der Waals surface area (Å²) in [6, 6.07) is 4.49.